The zero-order valence-corrected chi connectivity index (χ0v) is 77.3. The number of fused-ring (bicyclic) bond motifs is 25. The first-order valence-electron chi connectivity index (χ1n) is 47.1. The highest BCUT2D eigenvalue weighted by atomic mass is 32.1. The Balaban J connectivity index is 0.000000141. The first-order chi connectivity index (χ1) is 66.9. The van der Waals surface area contributed by atoms with E-state index >= 15 is 0 Å². The standard InChI is InChI=1S/C67H46N2S.C63H44N2S/c1-67(2)62-41-49(33-36-57(62)58-37-34-50(42-63(58)67)69(46-17-4-3-5-18-46)64-25-14-16-44-15-6-7-19-51(44)64)68(48-32-35-56-54-22-9-8-20-52(54)53-21-10-11-23-55(53)60(56)40-48)47-30-27-43(28-31-47)45-29-38-66-61(39-45)59-24-12-13-26-65(59)70-66;1-63(2)59-39-47(64(43-15-5-3-6-16-43)44-17-7-4-8-18-44)31-34-54(59)55-35-32-48(40-60(55)63)65(46-30-33-53-51-21-10-9-19-49(51)50-20-11-12-22-52(50)57(53)38-46)45-28-25-41(26-29-45)42-27-36-62-58(37-42)56-23-13-14-24-61(56)66-62/h3-42H,1-2H3;3-40H,1-2H3. The second-order valence-corrected chi connectivity index (χ2v) is 39.5. The summed E-state index contributed by atoms with van der Waals surface area (Å²) in [6.45, 7) is 9.58. The minimum absolute atomic E-state index is 0.256. The van der Waals surface area contributed by atoms with Crippen molar-refractivity contribution in [2.24, 2.45) is 0 Å². The minimum atomic E-state index is -0.281. The predicted molar refractivity (Wildman–Crippen MR) is 586 cm³/mol. The summed E-state index contributed by atoms with van der Waals surface area (Å²) in [7, 11) is 0. The van der Waals surface area contributed by atoms with Gasteiger partial charge < -0.3 is 19.6 Å². The van der Waals surface area contributed by atoms with Crippen LogP contribution in [0, 0.1) is 0 Å². The molecule has 0 aliphatic heterocycles. The molecule has 0 saturated carbocycles. The van der Waals surface area contributed by atoms with Crippen LogP contribution in [0.2, 0.25) is 0 Å². The summed E-state index contributed by atoms with van der Waals surface area (Å²) in [5.41, 5.74) is 28.4. The zero-order valence-electron chi connectivity index (χ0n) is 75.6. The molecule has 2 aliphatic rings. The van der Waals surface area contributed by atoms with Gasteiger partial charge in [-0.15, -0.1) is 22.7 Å². The largest absolute Gasteiger partial charge is 0.310 e. The van der Waals surface area contributed by atoms with Crippen molar-refractivity contribution in [2.75, 3.05) is 19.6 Å². The van der Waals surface area contributed by atoms with Crippen LogP contribution in [0.1, 0.15) is 49.9 Å². The SMILES string of the molecule is CC1(C)c2cc(N(c3ccc(-c4ccc5sc6ccccc6c5c4)cc3)c3ccc4c5ccccc5c5ccccc5c4c3)ccc2-c2ccc(N(c3ccccc3)c3cccc4ccccc34)cc21.CC1(C)c2cc(N(c3ccccc3)c3ccccc3)ccc2-c2ccc(N(c3ccc(-c4ccc5sc6ccccc6c5c4)cc3)c3ccc4c5ccccc5c5ccccc5c4c3)cc21. The normalized spacial score (nSPS) is 12.8. The predicted octanol–water partition coefficient (Wildman–Crippen LogP) is 38.0. The molecule has 2 aromatic heterocycles. The van der Waals surface area contributed by atoms with E-state index in [1.807, 2.05) is 22.7 Å². The third kappa shape index (κ3) is 13.3. The molecule has 0 fully saturated rings. The van der Waals surface area contributed by atoms with Crippen LogP contribution in [0.15, 0.2) is 473 Å². The molecular formula is C130H90N4S2. The molecule has 136 heavy (non-hydrogen) atoms. The van der Waals surface area contributed by atoms with Gasteiger partial charge in [0.2, 0.25) is 0 Å². The maximum Gasteiger partial charge on any atom is 0.0540 e. The van der Waals surface area contributed by atoms with E-state index in [-0.39, 0.29) is 10.8 Å². The minimum Gasteiger partial charge on any atom is -0.310 e. The second-order valence-electron chi connectivity index (χ2n) is 37.4. The molecule has 4 nitrogen and oxygen atoms in total. The number of rotatable bonds is 14. The van der Waals surface area contributed by atoms with E-state index in [2.05, 4.69) is 520 Å². The maximum absolute atomic E-state index is 2.46. The lowest BCUT2D eigenvalue weighted by Gasteiger charge is -2.30. The van der Waals surface area contributed by atoms with E-state index < -0.39 is 0 Å². The summed E-state index contributed by atoms with van der Waals surface area (Å²) in [6.07, 6.45) is 0. The summed E-state index contributed by atoms with van der Waals surface area (Å²) >= 11 is 3.73. The molecule has 0 N–H and O–H groups in total. The summed E-state index contributed by atoms with van der Waals surface area (Å²) in [5, 5.41) is 23.0. The Labute approximate surface area is 798 Å². The average molecular weight is 1770 g/mol. The van der Waals surface area contributed by atoms with Gasteiger partial charge in [-0.05, 0) is 313 Å². The first-order valence-corrected chi connectivity index (χ1v) is 48.7. The molecule has 0 spiro atoms. The van der Waals surface area contributed by atoms with E-state index in [0.29, 0.717) is 0 Å². The third-order valence-electron chi connectivity index (χ3n) is 29.0. The molecule has 0 bridgehead atoms. The first kappa shape index (κ1) is 80.4. The molecule has 0 radical (unpaired) electrons. The van der Waals surface area contributed by atoms with E-state index in [4.69, 9.17) is 0 Å². The van der Waals surface area contributed by atoms with Crippen molar-refractivity contribution in [3.05, 3.63) is 495 Å². The van der Waals surface area contributed by atoms with Crippen molar-refractivity contribution in [3.63, 3.8) is 0 Å². The Morgan fingerprint density at radius 1 is 0.154 bits per heavy atom. The highest BCUT2D eigenvalue weighted by Gasteiger charge is 2.40. The fraction of sp³-hybridized carbons (Fsp3) is 0.0462. The van der Waals surface area contributed by atoms with Crippen LogP contribution in [0.25, 0.3) is 160 Å². The van der Waals surface area contributed by atoms with Crippen LogP contribution in [0.5, 0.6) is 0 Å². The van der Waals surface area contributed by atoms with Crippen molar-refractivity contribution in [1.29, 1.82) is 0 Å². The number of thiophene rings is 2. The van der Waals surface area contributed by atoms with Crippen molar-refractivity contribution in [2.45, 2.75) is 38.5 Å². The van der Waals surface area contributed by atoms with Gasteiger partial charge in [-0.2, -0.15) is 0 Å². The van der Waals surface area contributed by atoms with Crippen LogP contribution in [-0.2, 0) is 10.8 Å². The fourth-order valence-corrected chi connectivity index (χ4v) is 24.5. The molecule has 6 heteroatoms. The number of anilines is 12. The van der Waals surface area contributed by atoms with Crippen molar-refractivity contribution >= 4 is 207 Å². The number of hydrogen-bond acceptors (Lipinski definition) is 6. The second kappa shape index (κ2) is 32.2. The number of para-hydroxylation sites is 3. The lowest BCUT2D eigenvalue weighted by atomic mass is 9.82. The number of benzene rings is 23. The molecule has 27 rings (SSSR count). The topological polar surface area (TPSA) is 13.0 Å². The smallest absolute Gasteiger partial charge is 0.0540 e. The third-order valence-corrected chi connectivity index (χ3v) is 31.3. The number of nitrogens with zero attached hydrogens (tertiary/aromatic N) is 4. The summed E-state index contributed by atoms with van der Waals surface area (Å²) in [4.78, 5) is 9.71. The molecule has 0 saturated heterocycles. The van der Waals surface area contributed by atoms with Gasteiger partial charge in [-0.1, -0.05) is 325 Å². The van der Waals surface area contributed by atoms with Gasteiger partial charge >= 0.3 is 0 Å². The maximum atomic E-state index is 2.46. The molecule has 0 atom stereocenters. The van der Waals surface area contributed by atoms with Crippen LogP contribution in [0.4, 0.5) is 68.2 Å². The number of hydrogen-bond donors (Lipinski definition) is 0. The van der Waals surface area contributed by atoms with Crippen LogP contribution < -0.4 is 19.6 Å². The monoisotopic (exact) mass is 1770 g/mol. The fourth-order valence-electron chi connectivity index (χ4n) is 22.4. The van der Waals surface area contributed by atoms with Gasteiger partial charge in [-0.3, -0.25) is 0 Å². The molecule has 2 heterocycles. The highest BCUT2D eigenvalue weighted by Crippen LogP contribution is 2.57. The molecule has 642 valence electrons. The summed E-state index contributed by atoms with van der Waals surface area (Å²) < 4.78 is 5.30. The molecule has 2 aliphatic carbocycles. The van der Waals surface area contributed by atoms with Gasteiger partial charge in [0.05, 0.1) is 5.69 Å². The van der Waals surface area contributed by atoms with Crippen LogP contribution in [0.3, 0.4) is 0 Å². The Bertz CT molecular complexity index is 9010. The molecule has 0 amide bonds. The lowest BCUT2D eigenvalue weighted by molar-refractivity contribution is 0.660. The Morgan fingerprint density at radius 3 is 0.779 bits per heavy atom. The van der Waals surface area contributed by atoms with Crippen molar-refractivity contribution in [1.82, 2.24) is 0 Å². The van der Waals surface area contributed by atoms with E-state index in [1.165, 1.54) is 183 Å². The van der Waals surface area contributed by atoms with Gasteiger partial charge in [0.15, 0.2) is 0 Å². The Morgan fingerprint density at radius 2 is 0.404 bits per heavy atom. The van der Waals surface area contributed by atoms with E-state index in [1.54, 1.807) is 0 Å². The molecule has 0 unspecified atom stereocenters. The van der Waals surface area contributed by atoms with Gasteiger partial charge in [0, 0.05) is 119 Å². The van der Waals surface area contributed by atoms with Crippen molar-refractivity contribution in [3.8, 4) is 44.5 Å². The molecule has 23 aromatic carbocycles. The highest BCUT2D eigenvalue weighted by molar-refractivity contribution is 7.26. The van der Waals surface area contributed by atoms with Gasteiger partial charge in [-0.25, -0.2) is 0 Å². The van der Waals surface area contributed by atoms with Crippen molar-refractivity contribution < 1.29 is 0 Å². The van der Waals surface area contributed by atoms with Gasteiger partial charge in [0.1, 0.15) is 0 Å². The van der Waals surface area contributed by atoms with E-state index in [0.717, 1.165) is 68.2 Å². The van der Waals surface area contributed by atoms with Crippen LogP contribution >= 0.6 is 22.7 Å². The Kier molecular flexibility index (Phi) is 19.0. The Hall–Kier alpha value is -16.5. The molecule has 25 aromatic rings. The lowest BCUT2D eigenvalue weighted by Crippen LogP contribution is -2.17. The summed E-state index contributed by atoms with van der Waals surface area (Å²) in [6, 6.07) is 175. The quantitative estimate of drug-likeness (QED) is 0.101. The van der Waals surface area contributed by atoms with E-state index in [9.17, 15) is 0 Å². The van der Waals surface area contributed by atoms with Gasteiger partial charge in [0.25, 0.3) is 0 Å². The average Bonchev–Trinajstić information content (AvgIpc) is 1.54. The zero-order chi connectivity index (χ0) is 90.4. The summed E-state index contributed by atoms with van der Waals surface area (Å²) in [5.74, 6) is 0. The van der Waals surface area contributed by atoms with Crippen LogP contribution in [-0.4, -0.2) is 0 Å². The molecular weight excluding hydrogens is 1680 g/mol.